The first-order valence-electron chi connectivity index (χ1n) is 40.9. The van der Waals surface area contributed by atoms with Gasteiger partial charge in [-0.2, -0.15) is 0 Å². The van der Waals surface area contributed by atoms with Gasteiger partial charge < -0.3 is 66.9 Å². The molecule has 2 N–H and O–H groups in total. The Kier molecular flexibility index (Phi) is 48.4. The largest absolute Gasteiger partial charge is 0.463 e. The molecule has 6 unspecified atom stereocenters. The van der Waals surface area contributed by atoms with E-state index in [1.165, 1.54) is 20.8 Å². The maximum absolute atomic E-state index is 13.4. The van der Waals surface area contributed by atoms with Crippen molar-refractivity contribution in [3.05, 3.63) is 35.9 Å². The van der Waals surface area contributed by atoms with E-state index in [1.807, 2.05) is 30.3 Å². The van der Waals surface area contributed by atoms with Crippen LogP contribution in [-0.4, -0.2) is 194 Å². The maximum Gasteiger partial charge on any atom is 0.320 e. The Morgan fingerprint density at radius 3 is 1.03 bits per heavy atom. The number of benzene rings is 1. The number of esters is 4. The molecule has 3 saturated heterocycles. The fraction of sp³-hybridized carbons (Fsp3) is 0.810. The molecule has 0 bridgehead atoms. The van der Waals surface area contributed by atoms with Crippen LogP contribution in [0.15, 0.2) is 30.3 Å². The van der Waals surface area contributed by atoms with Crippen molar-refractivity contribution in [2.75, 3.05) is 92.4 Å². The smallest absolute Gasteiger partial charge is 0.320 e. The summed E-state index contributed by atoms with van der Waals surface area (Å²) in [5.41, 5.74) is -0.409. The van der Waals surface area contributed by atoms with Crippen molar-refractivity contribution in [3.8, 4) is 0 Å². The van der Waals surface area contributed by atoms with Crippen molar-refractivity contribution in [2.45, 2.75) is 293 Å². The highest BCUT2D eigenvalue weighted by Crippen LogP contribution is 2.38. The second-order valence-corrected chi connectivity index (χ2v) is 31.1. The molecule has 0 aromatic heterocycles. The van der Waals surface area contributed by atoms with E-state index in [9.17, 15) is 47.9 Å². The molecule has 0 radical (unpaired) electrons. The van der Waals surface area contributed by atoms with Crippen LogP contribution in [0.2, 0.25) is 0 Å². The van der Waals surface area contributed by atoms with E-state index < -0.39 is 30.4 Å². The number of hydrogen-bond acceptors (Lipinski definition) is 24. The summed E-state index contributed by atoms with van der Waals surface area (Å²) >= 11 is 0. The van der Waals surface area contributed by atoms with Gasteiger partial charge in [0.25, 0.3) is 0 Å². The molecule has 3 heterocycles. The van der Waals surface area contributed by atoms with Crippen molar-refractivity contribution in [1.29, 1.82) is 0 Å². The molecule has 15 atom stereocenters. The number of hydrogen-bond donors (Lipinski definition) is 2. The van der Waals surface area contributed by atoms with Crippen LogP contribution >= 0.6 is 0 Å². The van der Waals surface area contributed by atoms with E-state index in [2.05, 4.69) is 72.9 Å². The van der Waals surface area contributed by atoms with Crippen molar-refractivity contribution < 1.29 is 110 Å². The van der Waals surface area contributed by atoms with Crippen LogP contribution in [0.25, 0.3) is 0 Å². The minimum absolute atomic E-state index is 0.000960. The summed E-state index contributed by atoms with van der Waals surface area (Å²) in [5.74, 6) is 0.638. The number of rotatable bonds is 61. The molecule has 25 heteroatoms. The van der Waals surface area contributed by atoms with Gasteiger partial charge in [0.15, 0.2) is 18.9 Å². The van der Waals surface area contributed by atoms with Gasteiger partial charge in [-0.1, -0.05) is 105 Å². The molecule has 1 amide bonds. The Hall–Kier alpha value is -5.48. The average molecular weight is 1540 g/mol. The second kappa shape index (κ2) is 55.1. The van der Waals surface area contributed by atoms with E-state index in [-0.39, 0.29) is 198 Å². The molecule has 109 heavy (non-hydrogen) atoms. The van der Waals surface area contributed by atoms with Crippen LogP contribution in [0.1, 0.15) is 249 Å². The van der Waals surface area contributed by atoms with Gasteiger partial charge in [-0.15, -0.1) is 0 Å². The highest BCUT2D eigenvalue weighted by Gasteiger charge is 2.43. The number of Topliss-reactive ketones (excluding diaryl/α,β-unsaturated/α-hetero) is 5. The highest BCUT2D eigenvalue weighted by molar-refractivity contribution is 5.80. The van der Waals surface area contributed by atoms with Gasteiger partial charge in [0.1, 0.15) is 55.3 Å². The topological polar surface area (TPSA) is 315 Å². The molecular weight excluding hydrogens is 1400 g/mol. The number of nitrogens with one attached hydrogen (secondary N) is 2. The molecule has 3 aliphatic heterocycles. The zero-order valence-corrected chi connectivity index (χ0v) is 68.2. The third kappa shape index (κ3) is 40.2. The lowest BCUT2D eigenvalue weighted by Crippen LogP contribution is -2.58. The molecule has 0 spiro atoms. The van der Waals surface area contributed by atoms with E-state index >= 15 is 0 Å². The van der Waals surface area contributed by atoms with Gasteiger partial charge in [-0.05, 0) is 118 Å². The minimum Gasteiger partial charge on any atom is -0.463 e. The van der Waals surface area contributed by atoms with Gasteiger partial charge in [0, 0.05) is 136 Å². The van der Waals surface area contributed by atoms with E-state index in [4.69, 9.17) is 61.6 Å². The Morgan fingerprint density at radius 2 is 0.679 bits per heavy atom. The zero-order valence-electron chi connectivity index (χ0n) is 68.2. The van der Waals surface area contributed by atoms with E-state index in [0.717, 1.165) is 5.56 Å². The normalized spacial score (nSPS) is 24.6. The van der Waals surface area contributed by atoms with Crippen LogP contribution < -0.4 is 10.6 Å². The first kappa shape index (κ1) is 95.9. The van der Waals surface area contributed by atoms with Gasteiger partial charge in [-0.3, -0.25) is 53.3 Å². The standard InChI is InChI=1S/C84H138N2O23/c1-58-61(4)76(52-103-67(10)87)107-81(64(58)7)100-44-27-23-37-71(90)32-18-14-20-34-74(93)40-47-97-55-84(86-50-80(96)106-51-70-30-16-13-17-31-70,56-98-48-41-75(94)35-21-15-19-33-72(91)38-24-28-45-101-82-65(8)59(2)62(5)77(108-82)53-104-68(11)88)57-99-49-42-79(95)85-43-26-22-36-73(92)39-25-29-46-102-83-66(9)60(3)63(6)78(109-83)54-105-69(12)89/h13,16-17,30-31,58-66,76-78,81-83,86H,14-15,18-29,32-57H2,1-12H3,(H,85,95)/t58-,59-,60-,61+,62+,63+,64?,65?,66?,76?,77?,78?,81+,82+,83+,84?/m0/s1. The predicted octanol–water partition coefficient (Wildman–Crippen LogP) is 12.5. The Labute approximate surface area is 650 Å². The molecule has 4 rings (SSSR count). The van der Waals surface area contributed by atoms with Crippen LogP contribution in [0, 0.1) is 53.3 Å². The molecule has 1 aromatic rings. The summed E-state index contributed by atoms with van der Waals surface area (Å²) in [6.45, 7) is 25.1. The lowest BCUT2D eigenvalue weighted by molar-refractivity contribution is -0.255. The zero-order chi connectivity index (χ0) is 79.9. The first-order chi connectivity index (χ1) is 52.2. The highest BCUT2D eigenvalue weighted by atomic mass is 16.7. The van der Waals surface area contributed by atoms with Crippen LogP contribution in [0.4, 0.5) is 0 Å². The molecule has 0 saturated carbocycles. The summed E-state index contributed by atoms with van der Waals surface area (Å²) in [4.78, 5) is 126. The minimum atomic E-state index is -1.21. The van der Waals surface area contributed by atoms with Gasteiger partial charge in [0.05, 0.1) is 70.0 Å². The molecule has 1 aromatic carbocycles. The van der Waals surface area contributed by atoms with Crippen LogP contribution in [0.3, 0.4) is 0 Å². The number of unbranched alkanes of at least 4 members (excludes halogenated alkanes) is 8. The SMILES string of the molecule is CC(=O)OCC1O[C@@H](OCCCCC(=O)CCCCCC(=O)CCOCC(COCCC(=O)CCCCCC(=O)CCCCO[C@@H]2OC(COC(C)=O)[C@H](C)[C@H](C)C2C)(COCCC(=O)NCCCCC(=O)CCCCO[C@@H]2OC(COC(C)=O)[C@H](C)[C@H](C)C2C)NCC(=O)OCc2ccccc2)C(C)[C@@H](C)[C@H]1C. The second-order valence-electron chi connectivity index (χ2n) is 31.1. The predicted molar refractivity (Wildman–Crippen MR) is 409 cm³/mol. The van der Waals surface area contributed by atoms with Gasteiger partial charge in [-0.25, -0.2) is 0 Å². The van der Waals surface area contributed by atoms with E-state index in [0.29, 0.717) is 185 Å². The molecular formula is C84H138N2O23. The molecule has 3 fully saturated rings. The quantitative estimate of drug-likeness (QED) is 0.0348. The summed E-state index contributed by atoms with van der Waals surface area (Å²) in [5, 5.41) is 6.18. The van der Waals surface area contributed by atoms with Crippen LogP contribution in [-0.2, 0) is 116 Å². The first-order valence-corrected chi connectivity index (χ1v) is 40.9. The molecule has 3 aliphatic rings. The molecule has 0 aliphatic carbocycles. The monoisotopic (exact) mass is 1540 g/mol. The molecule has 622 valence electrons. The number of amides is 1. The summed E-state index contributed by atoms with van der Waals surface area (Å²) in [6.07, 6.45) is 10.9. The number of carbonyl (C=O) groups excluding carboxylic acids is 10. The molecule has 25 nitrogen and oxygen atoms in total. The van der Waals surface area contributed by atoms with E-state index in [1.54, 1.807) is 0 Å². The third-order valence-corrected chi connectivity index (χ3v) is 22.2. The summed E-state index contributed by atoms with van der Waals surface area (Å²) in [7, 11) is 0. The van der Waals surface area contributed by atoms with Crippen molar-refractivity contribution >= 4 is 58.7 Å². The van der Waals surface area contributed by atoms with Gasteiger partial charge in [0.2, 0.25) is 5.91 Å². The summed E-state index contributed by atoms with van der Waals surface area (Å²) in [6, 6.07) is 9.25. The summed E-state index contributed by atoms with van der Waals surface area (Å²) < 4.78 is 76.8. The fourth-order valence-corrected chi connectivity index (χ4v) is 13.8. The van der Waals surface area contributed by atoms with Crippen molar-refractivity contribution in [1.82, 2.24) is 10.6 Å². The number of ketones is 5. The average Bonchev–Trinajstić information content (AvgIpc) is 0.830. The lowest BCUT2D eigenvalue weighted by Gasteiger charge is -2.43. The Bertz CT molecular complexity index is 2560. The van der Waals surface area contributed by atoms with Crippen molar-refractivity contribution in [2.24, 2.45) is 53.3 Å². The Morgan fingerprint density at radius 1 is 0.358 bits per heavy atom. The van der Waals surface area contributed by atoms with Crippen molar-refractivity contribution in [3.63, 3.8) is 0 Å². The third-order valence-electron chi connectivity index (χ3n) is 22.2. The number of ether oxygens (including phenoxy) is 13. The van der Waals surface area contributed by atoms with Gasteiger partial charge >= 0.3 is 23.9 Å². The number of carbonyl (C=O) groups is 10. The van der Waals surface area contributed by atoms with Crippen LogP contribution in [0.5, 0.6) is 0 Å². The fourth-order valence-electron chi connectivity index (χ4n) is 13.8. The maximum atomic E-state index is 13.4. The Balaban J connectivity index is 1.23. The lowest BCUT2D eigenvalue weighted by atomic mass is 9.79.